The fourth-order valence-electron chi connectivity index (χ4n) is 1.85. The fourth-order valence-corrected chi connectivity index (χ4v) is 3.35. The topological polar surface area (TPSA) is 101 Å². The van der Waals surface area contributed by atoms with Gasteiger partial charge in [0.05, 0.1) is 22.8 Å². The number of hydrogen-bond acceptors (Lipinski definition) is 6. The quantitative estimate of drug-likeness (QED) is 0.685. The van der Waals surface area contributed by atoms with E-state index in [0.717, 1.165) is 10.8 Å². The predicted octanol–water partition coefficient (Wildman–Crippen LogP) is -0.288. The van der Waals surface area contributed by atoms with E-state index in [1.54, 1.807) is 6.92 Å². The zero-order valence-corrected chi connectivity index (χ0v) is 10.5. The highest BCUT2D eigenvalue weighted by Gasteiger charge is 2.44. The zero-order valence-electron chi connectivity index (χ0n) is 9.71. The van der Waals surface area contributed by atoms with Gasteiger partial charge in [0, 0.05) is 12.6 Å². The van der Waals surface area contributed by atoms with Gasteiger partial charge < -0.3 is 15.9 Å². The number of rotatable bonds is 2. The van der Waals surface area contributed by atoms with Gasteiger partial charge >= 0.3 is 5.69 Å². The van der Waals surface area contributed by atoms with Gasteiger partial charge in [0.2, 0.25) is 0 Å². The van der Waals surface area contributed by atoms with Crippen LogP contribution in [-0.4, -0.2) is 37.2 Å². The Morgan fingerprint density at radius 3 is 3.00 bits per heavy atom. The van der Waals surface area contributed by atoms with E-state index in [0.29, 0.717) is 0 Å². The van der Waals surface area contributed by atoms with Gasteiger partial charge in [0.25, 0.3) is 0 Å². The minimum absolute atomic E-state index is 0.227. The summed E-state index contributed by atoms with van der Waals surface area (Å²) in [6, 6.07) is 0. The van der Waals surface area contributed by atoms with E-state index < -0.39 is 33.5 Å². The first kappa shape index (κ1) is 13.3. The van der Waals surface area contributed by atoms with Crippen LogP contribution in [0.4, 0.5) is 10.2 Å². The molecule has 0 aliphatic carbocycles. The number of aliphatic hydroxyl groups excluding tert-OH is 2. The molecule has 1 fully saturated rings. The van der Waals surface area contributed by atoms with Crippen molar-refractivity contribution in [3.63, 3.8) is 0 Å². The molecule has 0 bridgehead atoms. The monoisotopic (exact) mass is 275 g/mol. The van der Waals surface area contributed by atoms with Crippen LogP contribution in [0.2, 0.25) is 0 Å². The molecule has 0 radical (unpaired) electrons. The molecular formula is C10H14FN3O3S. The first-order valence-electron chi connectivity index (χ1n) is 5.38. The molecule has 0 saturated carbocycles. The highest BCUT2D eigenvalue weighted by atomic mass is 32.2. The second-order valence-electron chi connectivity index (χ2n) is 4.46. The van der Waals surface area contributed by atoms with Gasteiger partial charge in [-0.3, -0.25) is 4.57 Å². The molecule has 1 saturated heterocycles. The lowest BCUT2D eigenvalue weighted by Crippen LogP contribution is -2.34. The maximum atomic E-state index is 13.3. The van der Waals surface area contributed by atoms with Crippen molar-refractivity contribution in [2.24, 2.45) is 0 Å². The van der Waals surface area contributed by atoms with Crippen LogP contribution < -0.4 is 11.4 Å². The number of anilines is 1. The van der Waals surface area contributed by atoms with Gasteiger partial charge in [0.1, 0.15) is 0 Å². The molecule has 18 heavy (non-hydrogen) atoms. The smallest absolute Gasteiger partial charge is 0.350 e. The maximum Gasteiger partial charge on any atom is 0.350 e. The van der Waals surface area contributed by atoms with Crippen molar-refractivity contribution in [1.82, 2.24) is 9.55 Å². The van der Waals surface area contributed by atoms with Crippen LogP contribution in [-0.2, 0) is 0 Å². The van der Waals surface area contributed by atoms with E-state index in [2.05, 4.69) is 4.98 Å². The molecule has 1 aromatic rings. The number of halogens is 1. The van der Waals surface area contributed by atoms with Crippen LogP contribution in [0.1, 0.15) is 18.7 Å². The molecule has 4 N–H and O–H groups in total. The summed E-state index contributed by atoms with van der Waals surface area (Å²) in [4.78, 5) is 15.0. The van der Waals surface area contributed by atoms with Gasteiger partial charge in [-0.2, -0.15) is 4.98 Å². The normalized spacial score (nSPS) is 31.8. The Morgan fingerprint density at radius 1 is 1.78 bits per heavy atom. The Bertz CT molecular complexity index is 524. The lowest BCUT2D eigenvalue weighted by molar-refractivity contribution is 0.0980. The summed E-state index contributed by atoms with van der Waals surface area (Å²) in [7, 11) is 0. The van der Waals surface area contributed by atoms with Crippen LogP contribution in [0.25, 0.3) is 0 Å². The summed E-state index contributed by atoms with van der Waals surface area (Å²) >= 11 is 1.22. The lowest BCUT2D eigenvalue weighted by atomic mass is 10.0. The Hall–Kier alpha value is -1.12. The Morgan fingerprint density at radius 2 is 2.44 bits per heavy atom. The van der Waals surface area contributed by atoms with Crippen molar-refractivity contribution in [1.29, 1.82) is 0 Å². The van der Waals surface area contributed by atoms with Gasteiger partial charge in [0.15, 0.2) is 11.6 Å². The second-order valence-corrected chi connectivity index (χ2v) is 6.17. The summed E-state index contributed by atoms with van der Waals surface area (Å²) in [6.07, 6.45) is 0.454. The molecule has 0 amide bonds. The average Bonchev–Trinajstić information content (AvgIpc) is 2.61. The largest absolute Gasteiger partial charge is 0.395 e. The predicted molar refractivity (Wildman–Crippen MR) is 65.6 cm³/mol. The molecular weight excluding hydrogens is 261 g/mol. The van der Waals surface area contributed by atoms with Crippen molar-refractivity contribution >= 4 is 17.6 Å². The van der Waals surface area contributed by atoms with E-state index in [1.165, 1.54) is 11.8 Å². The molecule has 2 rings (SSSR count). The molecule has 100 valence electrons. The molecule has 3 atom stereocenters. The molecule has 8 heteroatoms. The summed E-state index contributed by atoms with van der Waals surface area (Å²) < 4.78 is 13.7. The summed E-state index contributed by atoms with van der Waals surface area (Å²) in [6.45, 7) is 1.46. The second kappa shape index (κ2) is 4.52. The third-order valence-electron chi connectivity index (χ3n) is 3.09. The van der Waals surface area contributed by atoms with Crippen LogP contribution in [0.5, 0.6) is 0 Å². The van der Waals surface area contributed by atoms with Crippen molar-refractivity contribution in [2.75, 3.05) is 12.3 Å². The number of nitrogen functional groups attached to an aromatic ring is 1. The fraction of sp³-hybridized carbons (Fsp3) is 0.600. The van der Waals surface area contributed by atoms with Crippen LogP contribution in [0.15, 0.2) is 11.0 Å². The first-order valence-corrected chi connectivity index (χ1v) is 6.26. The zero-order chi connectivity index (χ0) is 13.5. The Balaban J connectivity index is 2.35. The van der Waals surface area contributed by atoms with Crippen LogP contribution in [0.3, 0.4) is 0 Å². The lowest BCUT2D eigenvalue weighted by Gasteiger charge is -2.24. The molecule has 1 aliphatic rings. The van der Waals surface area contributed by atoms with E-state index in [9.17, 15) is 19.4 Å². The van der Waals surface area contributed by atoms with Crippen LogP contribution >= 0.6 is 11.8 Å². The van der Waals surface area contributed by atoms with Crippen molar-refractivity contribution in [3.05, 3.63) is 22.5 Å². The SMILES string of the molecule is C[C@]1(CO)S[C@@H](n2cc(F)c(N)nc2=O)C[C@@H]1O. The molecule has 1 aliphatic heterocycles. The first-order chi connectivity index (χ1) is 8.37. The molecule has 0 spiro atoms. The summed E-state index contributed by atoms with van der Waals surface area (Å²) in [5.74, 6) is -1.22. The number of nitrogens with zero attached hydrogens (tertiary/aromatic N) is 2. The highest BCUT2D eigenvalue weighted by Crippen LogP contribution is 2.48. The number of aliphatic hydroxyl groups is 2. The van der Waals surface area contributed by atoms with Gasteiger partial charge in [-0.15, -0.1) is 11.8 Å². The molecule has 1 aromatic heterocycles. The van der Waals surface area contributed by atoms with Crippen molar-refractivity contribution < 1.29 is 14.6 Å². The van der Waals surface area contributed by atoms with E-state index >= 15 is 0 Å². The maximum absolute atomic E-state index is 13.3. The molecule has 2 heterocycles. The van der Waals surface area contributed by atoms with E-state index in [-0.39, 0.29) is 13.0 Å². The Labute approximate surface area is 107 Å². The third kappa shape index (κ3) is 2.11. The standard InChI is InChI=1S/C10H14FN3O3S/c1-10(4-15)6(16)2-7(18-10)14-3-5(11)8(12)13-9(14)17/h3,6-7,15-16H,2,4H2,1H3,(H2,12,13,17)/t6-,7+,10+/m0/s1. The average molecular weight is 275 g/mol. The Kier molecular flexibility index (Phi) is 3.35. The van der Waals surface area contributed by atoms with Crippen molar-refractivity contribution in [3.8, 4) is 0 Å². The molecule has 6 nitrogen and oxygen atoms in total. The number of thioether (sulfide) groups is 1. The summed E-state index contributed by atoms with van der Waals surface area (Å²) in [5, 5.41) is 18.6. The van der Waals surface area contributed by atoms with Crippen LogP contribution in [0, 0.1) is 5.82 Å². The highest BCUT2D eigenvalue weighted by molar-refractivity contribution is 8.01. The number of hydrogen-bond donors (Lipinski definition) is 3. The minimum atomic E-state index is -0.776. The van der Waals surface area contributed by atoms with Gasteiger partial charge in [-0.05, 0) is 6.92 Å². The van der Waals surface area contributed by atoms with Gasteiger partial charge in [-0.25, -0.2) is 9.18 Å². The number of nitrogens with two attached hydrogens (primary N) is 1. The van der Waals surface area contributed by atoms with E-state index in [4.69, 9.17) is 5.73 Å². The minimum Gasteiger partial charge on any atom is -0.395 e. The molecule has 0 unspecified atom stereocenters. The van der Waals surface area contributed by atoms with Gasteiger partial charge in [-0.1, -0.05) is 0 Å². The summed E-state index contributed by atoms with van der Waals surface area (Å²) in [5.41, 5.74) is 4.53. The third-order valence-corrected chi connectivity index (χ3v) is 4.72. The molecule has 0 aromatic carbocycles. The van der Waals surface area contributed by atoms with E-state index in [1.807, 2.05) is 0 Å². The van der Waals surface area contributed by atoms with Crippen molar-refractivity contribution in [2.45, 2.75) is 29.6 Å². The number of aromatic nitrogens is 2.